The number of hydrogen-bond acceptors (Lipinski definition) is 5. The highest BCUT2D eigenvalue weighted by atomic mass is 19.1. The monoisotopic (exact) mass is 451 g/mol. The zero-order valence-electron chi connectivity index (χ0n) is 18.8. The molecule has 4 rings (SSSR count). The lowest BCUT2D eigenvalue weighted by molar-refractivity contribution is 0.0976. The highest BCUT2D eigenvalue weighted by Crippen LogP contribution is 2.32. The van der Waals surface area contributed by atoms with Crippen molar-refractivity contribution in [2.24, 2.45) is 12.0 Å². The largest absolute Gasteiger partial charge is 0.486 e. The lowest BCUT2D eigenvalue weighted by Gasteiger charge is -2.19. The summed E-state index contributed by atoms with van der Waals surface area (Å²) in [5.74, 6) is 0.580. The molecular formula is C24H26FN5O3. The summed E-state index contributed by atoms with van der Waals surface area (Å²) in [6.07, 6.45) is 0.660. The van der Waals surface area contributed by atoms with E-state index in [2.05, 4.69) is 20.7 Å². The van der Waals surface area contributed by atoms with E-state index in [1.807, 2.05) is 31.6 Å². The Bertz CT molecular complexity index is 1200. The van der Waals surface area contributed by atoms with Gasteiger partial charge in [-0.25, -0.2) is 4.39 Å². The normalized spacial score (nSPS) is 13.0. The molecular weight excluding hydrogens is 425 g/mol. The summed E-state index contributed by atoms with van der Waals surface area (Å²) in [7, 11) is 1.91. The van der Waals surface area contributed by atoms with Gasteiger partial charge in [-0.2, -0.15) is 5.10 Å². The van der Waals surface area contributed by atoms with Gasteiger partial charge in [0.05, 0.1) is 5.69 Å². The molecule has 1 aliphatic rings. The molecule has 0 atom stereocenters. The number of amides is 1. The number of carbonyl (C=O) groups excluding carboxylic acids is 1. The predicted octanol–water partition coefficient (Wildman–Crippen LogP) is 3.39. The van der Waals surface area contributed by atoms with Gasteiger partial charge in [0, 0.05) is 36.6 Å². The number of benzene rings is 2. The first-order valence-electron chi connectivity index (χ1n) is 10.7. The van der Waals surface area contributed by atoms with Crippen molar-refractivity contribution in [1.29, 1.82) is 0 Å². The summed E-state index contributed by atoms with van der Waals surface area (Å²) in [5.41, 5.74) is 4.02. The van der Waals surface area contributed by atoms with Crippen molar-refractivity contribution in [2.75, 3.05) is 25.1 Å². The van der Waals surface area contributed by atoms with Crippen LogP contribution in [0, 0.1) is 19.7 Å². The quantitative estimate of drug-likeness (QED) is 0.459. The Kier molecular flexibility index (Phi) is 6.58. The number of nitrogens with one attached hydrogen (secondary N) is 2. The maximum atomic E-state index is 13.6. The summed E-state index contributed by atoms with van der Waals surface area (Å²) in [6, 6.07) is 10.9. The Balaban J connectivity index is 1.54. The number of hydrogen-bond donors (Lipinski definition) is 2. The van der Waals surface area contributed by atoms with Crippen molar-refractivity contribution in [1.82, 2.24) is 15.1 Å². The summed E-state index contributed by atoms with van der Waals surface area (Å²) in [5, 5.41) is 10.3. The molecule has 2 aromatic carbocycles. The number of fused-ring (bicyclic) bond motifs is 1. The molecule has 0 bridgehead atoms. The molecule has 172 valence electrons. The van der Waals surface area contributed by atoms with Crippen LogP contribution in [0.15, 0.2) is 47.5 Å². The highest BCUT2D eigenvalue weighted by Gasteiger charge is 2.15. The van der Waals surface area contributed by atoms with Crippen molar-refractivity contribution in [2.45, 2.75) is 20.3 Å². The van der Waals surface area contributed by atoms with Crippen LogP contribution in [0.4, 0.5) is 10.1 Å². The molecule has 1 amide bonds. The number of guanidine groups is 1. The standard InChI is InChI=1S/C24H26FN5O3/c1-15-20(16(2)30(3)29-15)9-10-26-24(28-23(31)17-5-4-6-18(25)13-17)27-19-7-8-21-22(14-19)33-12-11-32-21/h4-8,13-14H,9-12H2,1-3H3,(H2,26,27,28,31). The summed E-state index contributed by atoms with van der Waals surface area (Å²) in [6.45, 7) is 5.37. The number of anilines is 1. The number of ether oxygens (including phenoxy) is 2. The number of carbonyl (C=O) groups is 1. The molecule has 1 aliphatic heterocycles. The molecule has 0 spiro atoms. The van der Waals surface area contributed by atoms with E-state index in [0.29, 0.717) is 43.4 Å². The maximum Gasteiger partial charge on any atom is 0.258 e. The van der Waals surface area contributed by atoms with Crippen molar-refractivity contribution in [3.63, 3.8) is 0 Å². The minimum atomic E-state index is -0.483. The van der Waals surface area contributed by atoms with Gasteiger partial charge in [-0.1, -0.05) is 6.07 Å². The molecule has 8 nitrogen and oxygen atoms in total. The molecule has 9 heteroatoms. The number of halogens is 1. The highest BCUT2D eigenvalue weighted by molar-refractivity contribution is 6.10. The molecule has 0 radical (unpaired) electrons. The van der Waals surface area contributed by atoms with E-state index in [1.165, 1.54) is 18.2 Å². The summed E-state index contributed by atoms with van der Waals surface area (Å²) < 4.78 is 26.6. The van der Waals surface area contributed by atoms with Gasteiger partial charge in [-0.3, -0.25) is 19.8 Å². The fourth-order valence-corrected chi connectivity index (χ4v) is 3.64. The van der Waals surface area contributed by atoms with E-state index >= 15 is 0 Å². The fourth-order valence-electron chi connectivity index (χ4n) is 3.64. The number of aryl methyl sites for hydroxylation is 2. The number of rotatable bonds is 5. The van der Waals surface area contributed by atoms with Crippen LogP contribution in [-0.4, -0.2) is 41.4 Å². The number of aliphatic imine (C=N–C) groups is 1. The molecule has 2 heterocycles. The molecule has 0 saturated carbocycles. The maximum absolute atomic E-state index is 13.6. The molecule has 0 aliphatic carbocycles. The fraction of sp³-hybridized carbons (Fsp3) is 0.292. The molecule has 33 heavy (non-hydrogen) atoms. The van der Waals surface area contributed by atoms with Crippen LogP contribution in [-0.2, 0) is 13.5 Å². The van der Waals surface area contributed by atoms with E-state index < -0.39 is 11.7 Å². The van der Waals surface area contributed by atoms with E-state index in [4.69, 9.17) is 9.47 Å². The third kappa shape index (κ3) is 5.31. The first-order chi connectivity index (χ1) is 15.9. The van der Waals surface area contributed by atoms with Crippen molar-refractivity contribution in [3.8, 4) is 11.5 Å². The Hall–Kier alpha value is -3.88. The third-order valence-corrected chi connectivity index (χ3v) is 5.41. The van der Waals surface area contributed by atoms with Crippen molar-refractivity contribution >= 4 is 17.6 Å². The topological polar surface area (TPSA) is 89.8 Å². The van der Waals surface area contributed by atoms with E-state index in [0.717, 1.165) is 17.0 Å². The SMILES string of the molecule is Cc1nn(C)c(C)c1CCN=C(NC(=O)c1cccc(F)c1)Nc1ccc2c(c1)OCCO2. The average molecular weight is 452 g/mol. The van der Waals surface area contributed by atoms with E-state index in [-0.39, 0.29) is 11.5 Å². The van der Waals surface area contributed by atoms with Crippen LogP contribution in [0.1, 0.15) is 27.3 Å². The Morgan fingerprint density at radius 2 is 1.94 bits per heavy atom. The summed E-state index contributed by atoms with van der Waals surface area (Å²) in [4.78, 5) is 17.3. The van der Waals surface area contributed by atoms with Crippen LogP contribution in [0.5, 0.6) is 11.5 Å². The lowest BCUT2D eigenvalue weighted by atomic mass is 10.1. The zero-order valence-corrected chi connectivity index (χ0v) is 18.8. The second-order valence-electron chi connectivity index (χ2n) is 7.70. The lowest BCUT2D eigenvalue weighted by Crippen LogP contribution is -2.36. The molecule has 3 aromatic rings. The first kappa shape index (κ1) is 22.3. The minimum Gasteiger partial charge on any atom is -0.486 e. The van der Waals surface area contributed by atoms with Gasteiger partial charge in [0.25, 0.3) is 5.91 Å². The van der Waals surface area contributed by atoms with Crippen LogP contribution in [0.3, 0.4) is 0 Å². The Morgan fingerprint density at radius 3 is 2.67 bits per heavy atom. The summed E-state index contributed by atoms with van der Waals surface area (Å²) >= 11 is 0. The smallest absolute Gasteiger partial charge is 0.258 e. The molecule has 2 N–H and O–H groups in total. The second-order valence-corrected chi connectivity index (χ2v) is 7.70. The van der Waals surface area contributed by atoms with E-state index in [9.17, 15) is 9.18 Å². The predicted molar refractivity (Wildman–Crippen MR) is 124 cm³/mol. The molecule has 0 saturated heterocycles. The third-order valence-electron chi connectivity index (χ3n) is 5.41. The Morgan fingerprint density at radius 1 is 1.15 bits per heavy atom. The van der Waals surface area contributed by atoms with E-state index in [1.54, 1.807) is 18.2 Å². The van der Waals surface area contributed by atoms with Crippen LogP contribution < -0.4 is 20.1 Å². The van der Waals surface area contributed by atoms with Crippen LogP contribution in [0.2, 0.25) is 0 Å². The van der Waals surface area contributed by atoms with Crippen molar-refractivity contribution < 1.29 is 18.7 Å². The van der Waals surface area contributed by atoms with Gasteiger partial charge in [-0.15, -0.1) is 0 Å². The van der Waals surface area contributed by atoms with Gasteiger partial charge in [-0.05, 0) is 56.2 Å². The van der Waals surface area contributed by atoms with Gasteiger partial charge in [0.1, 0.15) is 19.0 Å². The van der Waals surface area contributed by atoms with Crippen LogP contribution in [0.25, 0.3) is 0 Å². The Labute approximate surface area is 191 Å². The van der Waals surface area contributed by atoms with Crippen LogP contribution >= 0.6 is 0 Å². The number of nitrogens with zero attached hydrogens (tertiary/aromatic N) is 3. The zero-order chi connectivity index (χ0) is 23.4. The van der Waals surface area contributed by atoms with Gasteiger partial charge in [0.2, 0.25) is 5.96 Å². The number of aromatic nitrogens is 2. The van der Waals surface area contributed by atoms with Gasteiger partial charge >= 0.3 is 0 Å². The average Bonchev–Trinajstić information content (AvgIpc) is 3.04. The van der Waals surface area contributed by atoms with Crippen molar-refractivity contribution in [3.05, 3.63) is 70.8 Å². The van der Waals surface area contributed by atoms with Gasteiger partial charge < -0.3 is 14.8 Å². The molecule has 1 aromatic heterocycles. The minimum absolute atomic E-state index is 0.200. The van der Waals surface area contributed by atoms with Gasteiger partial charge in [0.15, 0.2) is 11.5 Å². The second kappa shape index (κ2) is 9.72. The molecule has 0 unspecified atom stereocenters. The first-order valence-corrected chi connectivity index (χ1v) is 10.7. The molecule has 0 fully saturated rings.